The van der Waals surface area contributed by atoms with E-state index in [-0.39, 0.29) is 59.8 Å². The lowest BCUT2D eigenvalue weighted by Crippen LogP contribution is -2.51. The van der Waals surface area contributed by atoms with Crippen LogP contribution in [0.3, 0.4) is 0 Å². The summed E-state index contributed by atoms with van der Waals surface area (Å²) in [7, 11) is 1.38. The zero-order valence-electron chi connectivity index (χ0n) is 30.0. The van der Waals surface area contributed by atoms with Gasteiger partial charge in [-0.15, -0.1) is 0 Å². The molecule has 1 unspecified atom stereocenters. The lowest BCUT2D eigenvalue weighted by molar-refractivity contribution is -0.143. The Morgan fingerprint density at radius 3 is 2.21 bits per heavy atom. The lowest BCUT2D eigenvalue weighted by Gasteiger charge is -2.41. The molecule has 0 aliphatic carbocycles. The Labute approximate surface area is 312 Å². The van der Waals surface area contributed by atoms with Crippen molar-refractivity contribution in [3.05, 3.63) is 58.1 Å². The number of halogens is 4. The number of nitrogens with two attached hydrogens (primary N) is 1. The number of hydrogen-bond donors (Lipinski definition) is 2. The molecule has 2 aromatic carbocycles. The Morgan fingerprint density at radius 1 is 0.943 bits per heavy atom. The van der Waals surface area contributed by atoms with Crippen molar-refractivity contribution in [2.24, 2.45) is 17.8 Å². The van der Waals surface area contributed by atoms with Gasteiger partial charge in [-0.3, -0.25) is 19.3 Å². The number of nitrogens with one attached hydrogen (secondary N) is 1. The van der Waals surface area contributed by atoms with Gasteiger partial charge in [0.25, 0.3) is 0 Å². The number of anilines is 2. The second-order valence-electron chi connectivity index (χ2n) is 14.8. The second kappa shape index (κ2) is 16.5. The van der Waals surface area contributed by atoms with Crippen LogP contribution in [0.4, 0.5) is 29.3 Å². The number of rotatable bonds is 9. The first-order chi connectivity index (χ1) is 25.3. The van der Waals surface area contributed by atoms with Crippen molar-refractivity contribution in [1.82, 2.24) is 19.6 Å². The van der Waals surface area contributed by atoms with Crippen LogP contribution < -0.4 is 11.1 Å². The minimum atomic E-state index is -4.74. The highest BCUT2D eigenvalue weighted by Crippen LogP contribution is 2.39. The van der Waals surface area contributed by atoms with E-state index in [1.54, 1.807) is 14.7 Å². The van der Waals surface area contributed by atoms with Crippen molar-refractivity contribution < 1.29 is 37.1 Å². The molecule has 4 amide bonds. The summed E-state index contributed by atoms with van der Waals surface area (Å²) < 4.78 is 46.4. The highest BCUT2D eigenvalue weighted by Gasteiger charge is 2.38. The molecule has 2 aromatic rings. The molecule has 15 heteroatoms. The van der Waals surface area contributed by atoms with E-state index in [1.807, 2.05) is 24.3 Å². The summed E-state index contributed by atoms with van der Waals surface area (Å²) in [5.74, 6) is -0.761. The number of urea groups is 1. The maximum absolute atomic E-state index is 14.2. The second-order valence-corrected chi connectivity index (χ2v) is 15.2. The molecule has 4 aliphatic rings. The van der Waals surface area contributed by atoms with Gasteiger partial charge in [0, 0.05) is 50.9 Å². The molecule has 0 spiro atoms. The average molecular weight is 761 g/mol. The zero-order chi connectivity index (χ0) is 37.9. The van der Waals surface area contributed by atoms with Gasteiger partial charge < -0.3 is 30.5 Å². The van der Waals surface area contributed by atoms with Crippen LogP contribution in [0.15, 0.2) is 36.4 Å². The van der Waals surface area contributed by atoms with Crippen molar-refractivity contribution in [1.29, 1.82) is 0 Å². The highest BCUT2D eigenvalue weighted by molar-refractivity contribution is 6.33. The standard InChI is InChI=1S/C38H48ClF3N6O5/c1-53-34(50)23-45-12-6-25(7-13-45)26-8-14-47(15-9-26)36(51)28(18-24-19-30(38(40,41)42)35(43)31(39)20-24)21-33(49)46-16-10-29(11-17-46)48-22-27-4-2-3-5-32(27)44-37(48)52/h2-5,19-20,25-26,28-29H,6-18,21-23,43H2,1H3,(H,44,52). The third-order valence-corrected chi connectivity index (χ3v) is 11.9. The minimum absolute atomic E-state index is 0.0658. The molecular weight excluding hydrogens is 713 g/mol. The highest BCUT2D eigenvalue weighted by atomic mass is 35.5. The van der Waals surface area contributed by atoms with E-state index in [0.717, 1.165) is 56.1 Å². The molecule has 11 nitrogen and oxygen atoms in total. The summed E-state index contributed by atoms with van der Waals surface area (Å²) in [6.07, 6.45) is -0.371. The molecule has 288 valence electrons. The van der Waals surface area contributed by atoms with Gasteiger partial charge in [0.1, 0.15) is 0 Å². The molecule has 3 saturated heterocycles. The van der Waals surface area contributed by atoms with E-state index >= 15 is 0 Å². The van der Waals surface area contributed by atoms with Gasteiger partial charge >= 0.3 is 18.2 Å². The number of nitrogens with zero attached hydrogens (tertiary/aromatic N) is 4. The van der Waals surface area contributed by atoms with Crippen LogP contribution in [-0.4, -0.2) is 102 Å². The maximum Gasteiger partial charge on any atom is 0.418 e. The fraction of sp³-hybridized carbons (Fsp3) is 0.579. The number of likely N-dealkylation sites (tertiary alicyclic amines) is 3. The quantitative estimate of drug-likeness (QED) is 0.250. The molecule has 0 bridgehead atoms. The number of nitrogen functional groups attached to an aromatic ring is 1. The van der Waals surface area contributed by atoms with Gasteiger partial charge in [-0.1, -0.05) is 29.8 Å². The maximum atomic E-state index is 14.2. The van der Waals surface area contributed by atoms with Crippen molar-refractivity contribution in [3.63, 3.8) is 0 Å². The number of piperidine rings is 3. The fourth-order valence-electron chi connectivity index (χ4n) is 8.52. The van der Waals surface area contributed by atoms with Gasteiger partial charge in [0.15, 0.2) is 0 Å². The summed E-state index contributed by atoms with van der Waals surface area (Å²) >= 11 is 6.16. The molecule has 3 N–H and O–H groups in total. The third kappa shape index (κ3) is 9.20. The first-order valence-electron chi connectivity index (χ1n) is 18.5. The molecule has 4 aliphatic heterocycles. The van der Waals surface area contributed by atoms with Crippen LogP contribution in [-0.2, 0) is 38.3 Å². The molecule has 0 aromatic heterocycles. The Morgan fingerprint density at radius 2 is 1.57 bits per heavy atom. The number of carbonyl (C=O) groups is 4. The van der Waals surface area contributed by atoms with Crippen molar-refractivity contribution in [3.8, 4) is 0 Å². The third-order valence-electron chi connectivity index (χ3n) is 11.6. The van der Waals surface area contributed by atoms with E-state index in [1.165, 1.54) is 13.2 Å². The Kier molecular flexibility index (Phi) is 12.1. The topological polar surface area (TPSA) is 129 Å². The number of carbonyl (C=O) groups excluding carboxylic acids is 4. The van der Waals surface area contributed by atoms with Crippen LogP contribution in [0.25, 0.3) is 0 Å². The molecule has 1 atom stereocenters. The normalized spacial score (nSPS) is 20.2. The predicted molar refractivity (Wildman–Crippen MR) is 194 cm³/mol. The zero-order valence-corrected chi connectivity index (χ0v) is 30.8. The number of alkyl halides is 3. The number of esters is 1. The van der Waals surface area contributed by atoms with Gasteiger partial charge in [-0.05, 0) is 99.2 Å². The van der Waals surface area contributed by atoms with Gasteiger partial charge in [-0.2, -0.15) is 13.2 Å². The summed E-state index contributed by atoms with van der Waals surface area (Å²) in [6.45, 7) is 4.16. The van der Waals surface area contributed by atoms with Gasteiger partial charge in [0.2, 0.25) is 11.8 Å². The fourth-order valence-corrected chi connectivity index (χ4v) is 8.76. The number of amides is 4. The minimum Gasteiger partial charge on any atom is -0.468 e. The largest absolute Gasteiger partial charge is 0.468 e. The lowest BCUT2D eigenvalue weighted by atomic mass is 9.78. The van der Waals surface area contributed by atoms with Crippen LogP contribution in [0.2, 0.25) is 5.02 Å². The number of ether oxygens (including phenoxy) is 1. The van der Waals surface area contributed by atoms with Gasteiger partial charge in [-0.25, -0.2) is 4.79 Å². The molecule has 6 rings (SSSR count). The van der Waals surface area contributed by atoms with Crippen molar-refractivity contribution in [2.75, 3.05) is 64.0 Å². The van der Waals surface area contributed by atoms with E-state index in [0.29, 0.717) is 57.4 Å². The number of fused-ring (bicyclic) bond motifs is 1. The van der Waals surface area contributed by atoms with Crippen LogP contribution >= 0.6 is 11.6 Å². The monoisotopic (exact) mass is 760 g/mol. The SMILES string of the molecule is COC(=O)CN1CCC(C2CCN(C(=O)C(CC(=O)N3CCC(N4Cc5ccccc5NC4=O)CC3)Cc3cc(Cl)c(N)c(C(F)(F)F)c3)CC2)CC1. The van der Waals surface area contributed by atoms with Gasteiger partial charge in [0.05, 0.1) is 35.8 Å². The van der Waals surface area contributed by atoms with Crippen LogP contribution in [0.5, 0.6) is 0 Å². The predicted octanol–water partition coefficient (Wildman–Crippen LogP) is 5.65. The Hall–Kier alpha value is -4.04. The van der Waals surface area contributed by atoms with Crippen LogP contribution in [0, 0.1) is 17.8 Å². The molecular formula is C38H48ClF3N6O5. The first-order valence-corrected chi connectivity index (χ1v) is 18.8. The Bertz CT molecular complexity index is 1670. The smallest absolute Gasteiger partial charge is 0.418 e. The van der Waals surface area contributed by atoms with E-state index in [9.17, 15) is 32.3 Å². The number of para-hydroxylation sites is 1. The van der Waals surface area contributed by atoms with E-state index in [4.69, 9.17) is 22.1 Å². The number of methoxy groups -OCH3 is 1. The average Bonchev–Trinajstić information content (AvgIpc) is 3.15. The summed E-state index contributed by atoms with van der Waals surface area (Å²) in [5.41, 5.74) is 6.05. The van der Waals surface area contributed by atoms with E-state index in [2.05, 4.69) is 10.2 Å². The van der Waals surface area contributed by atoms with E-state index < -0.39 is 23.3 Å². The molecule has 3 fully saturated rings. The summed E-state index contributed by atoms with van der Waals surface area (Å²) in [6, 6.07) is 9.69. The van der Waals surface area contributed by atoms with Crippen molar-refractivity contribution >= 4 is 46.8 Å². The van der Waals surface area contributed by atoms with Crippen molar-refractivity contribution in [2.45, 2.75) is 70.1 Å². The Balaban J connectivity index is 1.10. The summed E-state index contributed by atoms with van der Waals surface area (Å²) in [4.78, 5) is 60.0. The number of benzene rings is 2. The molecule has 53 heavy (non-hydrogen) atoms. The first kappa shape index (κ1) is 38.7. The van der Waals surface area contributed by atoms with Crippen LogP contribution in [0.1, 0.15) is 61.6 Å². The molecule has 4 heterocycles. The molecule has 0 radical (unpaired) electrons. The number of hydrogen-bond acceptors (Lipinski definition) is 7. The molecule has 0 saturated carbocycles. The summed E-state index contributed by atoms with van der Waals surface area (Å²) in [5, 5.41) is 2.69.